The van der Waals surface area contributed by atoms with Crippen molar-refractivity contribution in [1.29, 1.82) is 0 Å². The summed E-state index contributed by atoms with van der Waals surface area (Å²) in [5.41, 5.74) is 0.650. The molecule has 0 aliphatic heterocycles. The molecule has 0 rings (SSSR count). The van der Waals surface area contributed by atoms with Crippen LogP contribution in [0, 0.1) is 0 Å². The van der Waals surface area contributed by atoms with Crippen molar-refractivity contribution in [2.24, 2.45) is 0 Å². The lowest BCUT2D eigenvalue weighted by Gasteiger charge is -1.90. The highest BCUT2D eigenvalue weighted by Gasteiger charge is 1.96. The second-order valence-corrected chi connectivity index (χ2v) is 3.10. The minimum absolute atomic E-state index is 0.639. The monoisotopic (exact) mass is 150 g/mol. The van der Waals surface area contributed by atoms with Crippen LogP contribution in [0.2, 0.25) is 0 Å². The first kappa shape index (κ1) is 8.65. The van der Waals surface area contributed by atoms with Crippen LogP contribution in [-0.2, 0) is 10.1 Å². The SMILES string of the molecule is CCC(C)=CS(=O)(=O)O. The molecular weight excluding hydrogens is 140 g/mol. The number of rotatable bonds is 2. The standard InChI is InChI=1S/C5H10O3S/c1-3-5(2)4-9(6,7)8/h4H,3H2,1-2H3,(H,6,7,8). The van der Waals surface area contributed by atoms with Gasteiger partial charge >= 0.3 is 0 Å². The fourth-order valence-corrected chi connectivity index (χ4v) is 1.01. The highest BCUT2D eigenvalue weighted by molar-refractivity contribution is 7.88. The molecule has 0 radical (unpaired) electrons. The summed E-state index contributed by atoms with van der Waals surface area (Å²) in [7, 11) is -3.90. The quantitative estimate of drug-likeness (QED) is 0.601. The molecule has 0 spiro atoms. The van der Waals surface area contributed by atoms with Crippen molar-refractivity contribution >= 4 is 10.1 Å². The van der Waals surface area contributed by atoms with E-state index in [9.17, 15) is 8.42 Å². The molecule has 0 atom stereocenters. The summed E-state index contributed by atoms with van der Waals surface area (Å²) >= 11 is 0. The van der Waals surface area contributed by atoms with E-state index in [0.29, 0.717) is 12.0 Å². The lowest BCUT2D eigenvalue weighted by molar-refractivity contribution is 0.494. The molecule has 3 nitrogen and oxygen atoms in total. The maximum Gasteiger partial charge on any atom is 0.287 e. The topological polar surface area (TPSA) is 54.4 Å². The summed E-state index contributed by atoms with van der Waals surface area (Å²) in [6, 6.07) is 0. The van der Waals surface area contributed by atoms with Gasteiger partial charge in [-0.25, -0.2) is 0 Å². The van der Waals surface area contributed by atoms with E-state index < -0.39 is 10.1 Å². The van der Waals surface area contributed by atoms with Crippen LogP contribution in [-0.4, -0.2) is 13.0 Å². The molecule has 0 aromatic heterocycles. The molecule has 0 unspecified atom stereocenters. The van der Waals surface area contributed by atoms with Crippen LogP contribution in [0.25, 0.3) is 0 Å². The van der Waals surface area contributed by atoms with Gasteiger partial charge < -0.3 is 0 Å². The summed E-state index contributed by atoms with van der Waals surface area (Å²) < 4.78 is 28.4. The molecule has 1 N–H and O–H groups in total. The van der Waals surface area contributed by atoms with Crippen molar-refractivity contribution < 1.29 is 13.0 Å². The molecule has 4 heteroatoms. The second kappa shape index (κ2) is 2.98. The Labute approximate surface area is 55.1 Å². The van der Waals surface area contributed by atoms with Crippen LogP contribution in [0.3, 0.4) is 0 Å². The average molecular weight is 150 g/mol. The van der Waals surface area contributed by atoms with Gasteiger partial charge in [0.1, 0.15) is 0 Å². The first-order valence-electron chi connectivity index (χ1n) is 2.60. The van der Waals surface area contributed by atoms with Crippen molar-refractivity contribution in [3.8, 4) is 0 Å². The Bertz CT molecular complexity index is 200. The Morgan fingerprint density at radius 2 is 2.11 bits per heavy atom. The molecule has 0 amide bonds. The molecule has 0 aromatic rings. The first-order chi connectivity index (χ1) is 3.95. The fraction of sp³-hybridized carbons (Fsp3) is 0.600. The van der Waals surface area contributed by atoms with Gasteiger partial charge in [0.15, 0.2) is 0 Å². The van der Waals surface area contributed by atoms with Crippen molar-refractivity contribution in [1.82, 2.24) is 0 Å². The van der Waals surface area contributed by atoms with Crippen molar-refractivity contribution in [3.05, 3.63) is 11.0 Å². The van der Waals surface area contributed by atoms with Gasteiger partial charge in [-0.3, -0.25) is 4.55 Å². The lowest BCUT2D eigenvalue weighted by atomic mass is 10.3. The number of hydrogen-bond acceptors (Lipinski definition) is 2. The summed E-state index contributed by atoms with van der Waals surface area (Å²) in [5.74, 6) is 0. The average Bonchev–Trinajstić information content (AvgIpc) is 1.62. The Balaban J connectivity index is 4.32. The Hall–Kier alpha value is -0.350. The van der Waals surface area contributed by atoms with E-state index in [2.05, 4.69) is 0 Å². The van der Waals surface area contributed by atoms with E-state index in [1.165, 1.54) is 0 Å². The Morgan fingerprint density at radius 1 is 1.67 bits per heavy atom. The van der Waals surface area contributed by atoms with Gasteiger partial charge in [-0.2, -0.15) is 8.42 Å². The number of hydrogen-bond donors (Lipinski definition) is 1. The zero-order valence-corrected chi connectivity index (χ0v) is 6.27. The third-order valence-corrected chi connectivity index (χ3v) is 1.61. The molecule has 0 saturated heterocycles. The summed E-state index contributed by atoms with van der Waals surface area (Å²) in [6.07, 6.45) is 0.639. The Kier molecular flexibility index (Phi) is 2.87. The summed E-state index contributed by atoms with van der Waals surface area (Å²) in [6.45, 7) is 3.46. The lowest BCUT2D eigenvalue weighted by Crippen LogP contribution is -1.91. The minimum Gasteiger partial charge on any atom is -0.282 e. The van der Waals surface area contributed by atoms with Crippen LogP contribution < -0.4 is 0 Å². The first-order valence-corrected chi connectivity index (χ1v) is 4.10. The maximum atomic E-state index is 10.1. The zero-order valence-electron chi connectivity index (χ0n) is 5.46. The smallest absolute Gasteiger partial charge is 0.282 e. The van der Waals surface area contributed by atoms with Crippen LogP contribution in [0.5, 0.6) is 0 Å². The molecule has 0 aliphatic carbocycles. The van der Waals surface area contributed by atoms with Gasteiger partial charge in [-0.1, -0.05) is 12.5 Å². The van der Waals surface area contributed by atoms with Gasteiger partial charge in [-0.05, 0) is 13.3 Å². The predicted octanol–water partition coefficient (Wildman–Crippen LogP) is 1.19. The summed E-state index contributed by atoms with van der Waals surface area (Å²) in [4.78, 5) is 0. The van der Waals surface area contributed by atoms with Crippen molar-refractivity contribution in [3.63, 3.8) is 0 Å². The van der Waals surface area contributed by atoms with Crippen LogP contribution in [0.15, 0.2) is 11.0 Å². The summed E-state index contributed by atoms with van der Waals surface area (Å²) in [5, 5.41) is 0.854. The largest absolute Gasteiger partial charge is 0.287 e. The molecule has 0 aliphatic rings. The molecular formula is C5H10O3S. The van der Waals surface area contributed by atoms with E-state index in [0.717, 1.165) is 5.41 Å². The van der Waals surface area contributed by atoms with E-state index in [1.54, 1.807) is 6.92 Å². The van der Waals surface area contributed by atoms with Gasteiger partial charge in [0.2, 0.25) is 0 Å². The van der Waals surface area contributed by atoms with Gasteiger partial charge in [-0.15, -0.1) is 0 Å². The molecule has 0 heterocycles. The van der Waals surface area contributed by atoms with Gasteiger partial charge in [0.05, 0.1) is 5.41 Å². The molecule has 0 bridgehead atoms. The second-order valence-electron chi connectivity index (χ2n) is 1.83. The van der Waals surface area contributed by atoms with Gasteiger partial charge in [0, 0.05) is 0 Å². The van der Waals surface area contributed by atoms with Crippen LogP contribution in [0.4, 0.5) is 0 Å². The van der Waals surface area contributed by atoms with E-state index in [1.807, 2.05) is 6.92 Å². The molecule has 0 saturated carbocycles. The normalized spacial score (nSPS) is 13.9. The predicted molar refractivity (Wildman–Crippen MR) is 35.6 cm³/mol. The number of allylic oxidation sites excluding steroid dienone is 1. The van der Waals surface area contributed by atoms with Crippen molar-refractivity contribution in [2.75, 3.05) is 0 Å². The Morgan fingerprint density at radius 3 is 2.22 bits per heavy atom. The molecule has 0 aromatic carbocycles. The zero-order chi connectivity index (χ0) is 7.49. The van der Waals surface area contributed by atoms with E-state index in [-0.39, 0.29) is 0 Å². The highest BCUT2D eigenvalue weighted by atomic mass is 32.2. The molecule has 54 valence electrons. The van der Waals surface area contributed by atoms with Crippen LogP contribution >= 0.6 is 0 Å². The minimum atomic E-state index is -3.90. The molecule has 9 heavy (non-hydrogen) atoms. The van der Waals surface area contributed by atoms with Gasteiger partial charge in [0.25, 0.3) is 10.1 Å². The third-order valence-electron chi connectivity index (χ3n) is 0.908. The van der Waals surface area contributed by atoms with E-state index >= 15 is 0 Å². The third kappa shape index (κ3) is 5.52. The van der Waals surface area contributed by atoms with E-state index in [4.69, 9.17) is 4.55 Å². The maximum absolute atomic E-state index is 10.1. The highest BCUT2D eigenvalue weighted by Crippen LogP contribution is 2.00. The fourth-order valence-electron chi connectivity index (χ4n) is 0.338. The van der Waals surface area contributed by atoms with Crippen LogP contribution in [0.1, 0.15) is 20.3 Å². The molecule has 0 fully saturated rings. The van der Waals surface area contributed by atoms with Crippen molar-refractivity contribution in [2.45, 2.75) is 20.3 Å².